The number of carboxylic acids is 1. The van der Waals surface area contributed by atoms with Gasteiger partial charge in [-0.25, -0.2) is 14.8 Å². The Balaban J connectivity index is 1.76. The molecule has 1 aliphatic rings. The number of carboxylic acid groups (broad SMARTS) is 1. The van der Waals surface area contributed by atoms with E-state index in [1.807, 2.05) is 6.07 Å². The van der Waals surface area contributed by atoms with Crippen molar-refractivity contribution in [1.82, 2.24) is 25.2 Å². The molecule has 0 spiro atoms. The minimum atomic E-state index is -1.16. The molecule has 15 nitrogen and oxygen atoms in total. The van der Waals surface area contributed by atoms with Crippen LogP contribution in [0.2, 0.25) is 0 Å². The van der Waals surface area contributed by atoms with Crippen LogP contribution >= 0.6 is 0 Å². The number of amides is 2. The van der Waals surface area contributed by atoms with Crippen molar-refractivity contribution in [2.24, 2.45) is 0 Å². The standard InChI is InChI=1S/C28H36N6O9/c1-3-41-24(37)12-13-29-22-18-21(30-25(32-22)19-8-6-5-7-9-19)26(38)31-20(10-11-23(35)36)27(39)33-14-16-34(17-15-33)43-28(40)42-4-2/h5-9,18,20H,3-4,10-17H2,1-2H3,(H,31,38)(H,35,36)(H,29,30,32)/t20-/m0/s1. The number of nitrogens with zero attached hydrogens (tertiary/aromatic N) is 4. The van der Waals surface area contributed by atoms with E-state index >= 15 is 0 Å². The molecule has 0 bridgehead atoms. The molecule has 0 radical (unpaired) electrons. The summed E-state index contributed by atoms with van der Waals surface area (Å²) in [5.74, 6) is -2.19. The zero-order valence-corrected chi connectivity index (χ0v) is 24.1. The fraction of sp³-hybridized carbons (Fsp3) is 0.464. The number of carbonyl (C=O) groups is 5. The van der Waals surface area contributed by atoms with Gasteiger partial charge in [-0.05, 0) is 20.3 Å². The van der Waals surface area contributed by atoms with E-state index in [1.54, 1.807) is 38.1 Å². The SMILES string of the molecule is CCOC(=O)CCNc1cc(C(=O)N[C@@H](CCC(=O)O)C(=O)N2CCN(OC(=O)OCC)CC2)nc(-c2ccccc2)n1. The lowest BCUT2D eigenvalue weighted by Gasteiger charge is -2.35. The summed E-state index contributed by atoms with van der Waals surface area (Å²) >= 11 is 0. The molecule has 1 saturated heterocycles. The second kappa shape index (κ2) is 16.6. The van der Waals surface area contributed by atoms with Crippen LogP contribution in [0.25, 0.3) is 11.4 Å². The number of carbonyl (C=O) groups excluding carboxylic acids is 4. The predicted molar refractivity (Wildman–Crippen MR) is 152 cm³/mol. The summed E-state index contributed by atoms with van der Waals surface area (Å²) < 4.78 is 9.70. The Labute approximate surface area is 248 Å². The van der Waals surface area contributed by atoms with Gasteiger partial charge in [0.1, 0.15) is 17.6 Å². The highest BCUT2D eigenvalue weighted by molar-refractivity contribution is 5.97. The lowest BCUT2D eigenvalue weighted by Crippen LogP contribution is -2.55. The molecule has 0 unspecified atom stereocenters. The molecular formula is C28H36N6O9. The first-order chi connectivity index (χ1) is 20.7. The van der Waals surface area contributed by atoms with Gasteiger partial charge in [-0.3, -0.25) is 19.2 Å². The lowest BCUT2D eigenvalue weighted by atomic mass is 10.1. The normalized spacial score (nSPS) is 13.9. The average molecular weight is 601 g/mol. The second-order valence-electron chi connectivity index (χ2n) is 9.30. The largest absolute Gasteiger partial charge is 0.527 e. The summed E-state index contributed by atoms with van der Waals surface area (Å²) in [7, 11) is 0. The van der Waals surface area contributed by atoms with E-state index in [4.69, 9.17) is 14.3 Å². The van der Waals surface area contributed by atoms with Crippen molar-refractivity contribution in [3.05, 3.63) is 42.1 Å². The van der Waals surface area contributed by atoms with Crippen molar-refractivity contribution in [3.63, 3.8) is 0 Å². The number of hydrogen-bond acceptors (Lipinski definition) is 12. The first-order valence-electron chi connectivity index (χ1n) is 13.9. The Hall–Kier alpha value is -4.79. The van der Waals surface area contributed by atoms with Gasteiger partial charge in [-0.15, -0.1) is 5.06 Å². The van der Waals surface area contributed by atoms with Crippen molar-refractivity contribution in [2.75, 3.05) is 51.3 Å². The molecule has 2 aromatic rings. The molecule has 232 valence electrons. The molecule has 15 heteroatoms. The van der Waals surface area contributed by atoms with E-state index in [9.17, 15) is 29.1 Å². The number of benzene rings is 1. The summed E-state index contributed by atoms with van der Waals surface area (Å²) in [6.45, 7) is 4.74. The lowest BCUT2D eigenvalue weighted by molar-refractivity contribution is -0.157. The fourth-order valence-corrected chi connectivity index (χ4v) is 4.12. The molecule has 2 heterocycles. The van der Waals surface area contributed by atoms with E-state index in [1.165, 1.54) is 16.0 Å². The fourth-order valence-electron chi connectivity index (χ4n) is 4.12. The van der Waals surface area contributed by atoms with Gasteiger partial charge in [0.15, 0.2) is 5.82 Å². The Morgan fingerprint density at radius 2 is 1.65 bits per heavy atom. The Morgan fingerprint density at radius 1 is 0.953 bits per heavy atom. The molecule has 3 rings (SSSR count). The van der Waals surface area contributed by atoms with Crippen molar-refractivity contribution < 1.29 is 43.4 Å². The van der Waals surface area contributed by atoms with Crippen LogP contribution < -0.4 is 10.6 Å². The van der Waals surface area contributed by atoms with Crippen LogP contribution in [-0.2, 0) is 28.7 Å². The van der Waals surface area contributed by atoms with Crippen molar-refractivity contribution in [3.8, 4) is 11.4 Å². The number of aromatic nitrogens is 2. The topological polar surface area (TPSA) is 190 Å². The molecule has 1 atom stereocenters. The third-order valence-corrected chi connectivity index (χ3v) is 6.20. The number of hydrogen-bond donors (Lipinski definition) is 3. The minimum absolute atomic E-state index is 0.0618. The highest BCUT2D eigenvalue weighted by Gasteiger charge is 2.31. The van der Waals surface area contributed by atoms with Gasteiger partial charge in [-0.1, -0.05) is 30.3 Å². The number of piperazine rings is 1. The van der Waals surface area contributed by atoms with Crippen LogP contribution in [0, 0.1) is 0 Å². The molecule has 1 aromatic carbocycles. The summed E-state index contributed by atoms with van der Waals surface area (Å²) in [4.78, 5) is 76.9. The summed E-state index contributed by atoms with van der Waals surface area (Å²) in [6.07, 6.45) is -1.28. The molecular weight excluding hydrogens is 564 g/mol. The van der Waals surface area contributed by atoms with E-state index in [0.717, 1.165) is 0 Å². The highest BCUT2D eigenvalue weighted by atomic mass is 16.8. The van der Waals surface area contributed by atoms with E-state index in [2.05, 4.69) is 20.6 Å². The number of nitrogens with one attached hydrogen (secondary N) is 2. The van der Waals surface area contributed by atoms with Gasteiger partial charge in [-0.2, -0.15) is 0 Å². The molecule has 0 saturated carbocycles. The van der Waals surface area contributed by atoms with Gasteiger partial charge in [0.25, 0.3) is 5.91 Å². The Morgan fingerprint density at radius 3 is 2.30 bits per heavy atom. The monoisotopic (exact) mass is 600 g/mol. The van der Waals surface area contributed by atoms with Crippen LogP contribution in [0.5, 0.6) is 0 Å². The van der Waals surface area contributed by atoms with Crippen LogP contribution in [0.4, 0.5) is 10.6 Å². The first kappa shape index (κ1) is 32.7. The van der Waals surface area contributed by atoms with Crippen molar-refractivity contribution in [1.29, 1.82) is 0 Å². The van der Waals surface area contributed by atoms with Crippen molar-refractivity contribution >= 4 is 35.7 Å². The molecule has 1 aromatic heterocycles. The third-order valence-electron chi connectivity index (χ3n) is 6.20. The number of aliphatic carboxylic acids is 1. The van der Waals surface area contributed by atoms with Gasteiger partial charge in [0.2, 0.25) is 5.91 Å². The molecule has 43 heavy (non-hydrogen) atoms. The van der Waals surface area contributed by atoms with Crippen LogP contribution in [0.3, 0.4) is 0 Å². The maximum absolute atomic E-state index is 13.4. The van der Waals surface area contributed by atoms with Crippen molar-refractivity contribution in [2.45, 2.75) is 39.2 Å². The zero-order valence-electron chi connectivity index (χ0n) is 24.1. The zero-order chi connectivity index (χ0) is 31.2. The Bertz CT molecular complexity index is 1270. The average Bonchev–Trinajstić information content (AvgIpc) is 2.99. The molecule has 2 amide bonds. The molecule has 1 fully saturated rings. The Kier molecular flexibility index (Phi) is 12.6. The van der Waals surface area contributed by atoms with Crippen LogP contribution in [-0.4, -0.2) is 107 Å². The van der Waals surface area contributed by atoms with E-state index < -0.39 is 36.0 Å². The molecule has 0 aliphatic carbocycles. The van der Waals surface area contributed by atoms with E-state index in [-0.39, 0.29) is 82.5 Å². The number of anilines is 1. The van der Waals surface area contributed by atoms with Crippen LogP contribution in [0.15, 0.2) is 36.4 Å². The van der Waals surface area contributed by atoms with Crippen LogP contribution in [0.1, 0.15) is 43.6 Å². The summed E-state index contributed by atoms with van der Waals surface area (Å²) in [6, 6.07) is 9.16. The smallest absolute Gasteiger partial charge is 0.481 e. The predicted octanol–water partition coefficient (Wildman–Crippen LogP) is 1.70. The number of esters is 1. The third kappa shape index (κ3) is 10.5. The molecule has 1 aliphatic heterocycles. The quantitative estimate of drug-likeness (QED) is 0.266. The number of rotatable bonds is 14. The van der Waals surface area contributed by atoms with Gasteiger partial charge in [0.05, 0.1) is 32.7 Å². The summed E-state index contributed by atoms with van der Waals surface area (Å²) in [5.41, 5.74) is 0.570. The minimum Gasteiger partial charge on any atom is -0.481 e. The second-order valence-corrected chi connectivity index (χ2v) is 9.30. The maximum atomic E-state index is 13.4. The van der Waals surface area contributed by atoms with Gasteiger partial charge >= 0.3 is 18.1 Å². The summed E-state index contributed by atoms with van der Waals surface area (Å²) in [5, 5.41) is 16.3. The maximum Gasteiger partial charge on any atom is 0.527 e. The number of hydroxylamine groups is 2. The highest BCUT2D eigenvalue weighted by Crippen LogP contribution is 2.19. The van der Waals surface area contributed by atoms with Gasteiger partial charge in [0, 0.05) is 37.7 Å². The van der Waals surface area contributed by atoms with Gasteiger partial charge < -0.3 is 35.0 Å². The molecule has 3 N–H and O–H groups in total. The van der Waals surface area contributed by atoms with E-state index in [0.29, 0.717) is 5.56 Å². The number of ether oxygens (including phenoxy) is 2. The first-order valence-corrected chi connectivity index (χ1v) is 13.9.